The minimum absolute atomic E-state index is 0.124. The van der Waals surface area contributed by atoms with Crippen LogP contribution in [0.1, 0.15) is 78.0 Å². The number of hydrogen-bond donors (Lipinski definition) is 0. The summed E-state index contributed by atoms with van der Waals surface area (Å²) in [7, 11) is 0. The van der Waals surface area contributed by atoms with Crippen molar-refractivity contribution in [1.29, 1.82) is 0 Å². The first-order chi connectivity index (χ1) is 16.6. The van der Waals surface area contributed by atoms with E-state index in [2.05, 4.69) is 27.7 Å². The van der Waals surface area contributed by atoms with Gasteiger partial charge in [-0.2, -0.15) is 5.06 Å². The molecule has 0 radical (unpaired) electrons. The van der Waals surface area contributed by atoms with Crippen LogP contribution in [0.15, 0.2) is 60.7 Å². The Balaban J connectivity index is 0.000000303. The highest BCUT2D eigenvalue weighted by molar-refractivity contribution is 5.76. The smallest absolute Gasteiger partial charge is 0.342 e. The Morgan fingerprint density at radius 3 is 1.86 bits per heavy atom. The molecule has 1 heterocycles. The van der Waals surface area contributed by atoms with Gasteiger partial charge in [0.15, 0.2) is 0 Å². The van der Waals surface area contributed by atoms with E-state index in [1.54, 1.807) is 0 Å². The number of hydrogen-bond acceptors (Lipinski definition) is 6. The zero-order valence-corrected chi connectivity index (χ0v) is 22.1. The molecule has 0 N–H and O–H groups in total. The van der Waals surface area contributed by atoms with E-state index in [0.717, 1.165) is 30.4 Å². The molecule has 1 aliphatic heterocycles. The molecule has 0 aromatic heterocycles. The van der Waals surface area contributed by atoms with Crippen molar-refractivity contribution >= 4 is 11.9 Å². The Kier molecular flexibility index (Phi) is 10.9. The van der Waals surface area contributed by atoms with Crippen molar-refractivity contribution in [3.05, 3.63) is 71.8 Å². The summed E-state index contributed by atoms with van der Waals surface area (Å²) in [6.07, 6.45) is 2.89. The van der Waals surface area contributed by atoms with Gasteiger partial charge in [-0.3, -0.25) is 9.63 Å². The van der Waals surface area contributed by atoms with Crippen molar-refractivity contribution in [3.63, 3.8) is 0 Å². The third-order valence-electron chi connectivity index (χ3n) is 5.99. The van der Waals surface area contributed by atoms with Gasteiger partial charge in [0.2, 0.25) is 6.10 Å². The summed E-state index contributed by atoms with van der Waals surface area (Å²) in [5.41, 5.74) is 1.57. The maximum absolute atomic E-state index is 12.5. The average Bonchev–Trinajstić information content (AvgIpc) is 2.80. The highest BCUT2D eigenvalue weighted by Gasteiger charge is 2.45. The first-order valence-electron chi connectivity index (χ1n) is 12.5. The summed E-state index contributed by atoms with van der Waals surface area (Å²) < 4.78 is 10.1. The van der Waals surface area contributed by atoms with Crippen LogP contribution < -0.4 is 0 Å². The van der Waals surface area contributed by atoms with Gasteiger partial charge in [0.05, 0.1) is 19.6 Å². The van der Waals surface area contributed by atoms with Gasteiger partial charge in [0.1, 0.15) is 0 Å². The summed E-state index contributed by atoms with van der Waals surface area (Å²) in [6, 6.07) is 19.2. The molecule has 0 amide bonds. The van der Waals surface area contributed by atoms with Crippen molar-refractivity contribution in [2.24, 2.45) is 0 Å². The summed E-state index contributed by atoms with van der Waals surface area (Å²) >= 11 is 0. The molecule has 2 aromatic rings. The zero-order chi connectivity index (χ0) is 25.9. The number of rotatable bonds is 8. The molecule has 0 saturated carbocycles. The summed E-state index contributed by atoms with van der Waals surface area (Å²) in [5, 5.41) is 2.01. The van der Waals surface area contributed by atoms with Gasteiger partial charge in [-0.1, -0.05) is 60.7 Å². The van der Waals surface area contributed by atoms with Crippen molar-refractivity contribution in [1.82, 2.24) is 5.06 Å². The standard InChI is InChI=1S/C19H29NO3.C10H12O2/c1-6-22-17(21)16(15-11-8-7-9-12-15)23-20-18(2,3)13-10-14-19(20,4)5;1-2-12-10(11)8-9-6-4-3-5-7-9/h7-9,11-12,16H,6,10,13-14H2,1-5H3;3-7H,2,8H2,1H3. The van der Waals surface area contributed by atoms with Crippen molar-refractivity contribution in [2.45, 2.75) is 84.4 Å². The molecule has 0 aliphatic carbocycles. The number of hydroxylamine groups is 2. The Morgan fingerprint density at radius 1 is 0.829 bits per heavy atom. The predicted molar refractivity (Wildman–Crippen MR) is 138 cm³/mol. The third kappa shape index (κ3) is 8.79. The highest BCUT2D eigenvalue weighted by atomic mass is 16.7. The van der Waals surface area contributed by atoms with Gasteiger partial charge >= 0.3 is 11.9 Å². The van der Waals surface area contributed by atoms with Crippen LogP contribution in [0.4, 0.5) is 0 Å². The monoisotopic (exact) mass is 483 g/mol. The van der Waals surface area contributed by atoms with Crippen molar-refractivity contribution in [2.75, 3.05) is 13.2 Å². The summed E-state index contributed by atoms with van der Waals surface area (Å²) in [4.78, 5) is 29.7. The Labute approximate surface area is 210 Å². The fourth-order valence-electron chi connectivity index (χ4n) is 4.43. The van der Waals surface area contributed by atoms with Crippen LogP contribution in [0.5, 0.6) is 0 Å². The van der Waals surface area contributed by atoms with Crippen molar-refractivity contribution < 1.29 is 23.9 Å². The lowest BCUT2D eigenvalue weighted by Gasteiger charge is -2.52. The number of benzene rings is 2. The van der Waals surface area contributed by atoms with Crippen LogP contribution in [-0.2, 0) is 30.3 Å². The molecule has 2 aromatic carbocycles. The normalized spacial score (nSPS) is 17.4. The second-order valence-electron chi connectivity index (χ2n) is 9.89. The Bertz CT molecular complexity index is 895. The predicted octanol–water partition coefficient (Wildman–Crippen LogP) is 6.06. The third-order valence-corrected chi connectivity index (χ3v) is 5.99. The molecule has 192 valence electrons. The van der Waals surface area contributed by atoms with Crippen LogP contribution in [0.3, 0.4) is 0 Å². The molecule has 1 fully saturated rings. The number of carbonyl (C=O) groups excluding carboxylic acids is 2. The van der Waals surface area contributed by atoms with Crippen LogP contribution in [0.2, 0.25) is 0 Å². The summed E-state index contributed by atoms with van der Waals surface area (Å²) in [5.74, 6) is -0.500. The quantitative estimate of drug-likeness (QED) is 0.425. The highest BCUT2D eigenvalue weighted by Crippen LogP contribution is 2.40. The molecule has 0 bridgehead atoms. The number of ether oxygens (including phenoxy) is 2. The van der Waals surface area contributed by atoms with Crippen LogP contribution in [-0.4, -0.2) is 41.3 Å². The summed E-state index contributed by atoms with van der Waals surface area (Å²) in [6.45, 7) is 13.1. The molecular formula is C29H41NO5. The minimum Gasteiger partial charge on any atom is -0.466 e. The SMILES string of the molecule is CCOC(=O)C(ON1C(C)(C)CCCC1(C)C)c1ccccc1.CCOC(=O)Cc1ccccc1. The molecule has 1 saturated heterocycles. The fourth-order valence-corrected chi connectivity index (χ4v) is 4.43. The Hall–Kier alpha value is -2.70. The van der Waals surface area contributed by atoms with E-state index < -0.39 is 6.10 Å². The molecule has 6 heteroatoms. The lowest BCUT2D eigenvalue weighted by atomic mass is 9.82. The molecule has 1 unspecified atom stereocenters. The molecule has 6 nitrogen and oxygen atoms in total. The second kappa shape index (κ2) is 13.4. The number of nitrogens with zero attached hydrogens (tertiary/aromatic N) is 1. The van der Waals surface area contributed by atoms with Gasteiger partial charge in [-0.15, -0.1) is 0 Å². The van der Waals surface area contributed by atoms with Crippen molar-refractivity contribution in [3.8, 4) is 0 Å². The molecule has 0 spiro atoms. The fraction of sp³-hybridized carbons (Fsp3) is 0.517. The van der Waals surface area contributed by atoms with Gasteiger partial charge in [0, 0.05) is 11.1 Å². The zero-order valence-electron chi connectivity index (χ0n) is 22.1. The first kappa shape index (κ1) is 28.5. The van der Waals surface area contributed by atoms with E-state index in [1.165, 1.54) is 0 Å². The largest absolute Gasteiger partial charge is 0.466 e. The number of piperidine rings is 1. The van der Waals surface area contributed by atoms with Gasteiger partial charge < -0.3 is 9.47 Å². The number of carbonyl (C=O) groups is 2. The molecule has 1 atom stereocenters. The molecule has 1 aliphatic rings. The van der Waals surface area contributed by atoms with E-state index >= 15 is 0 Å². The van der Waals surface area contributed by atoms with Gasteiger partial charge in [0.25, 0.3) is 0 Å². The van der Waals surface area contributed by atoms with Gasteiger partial charge in [-0.05, 0) is 71.9 Å². The maximum Gasteiger partial charge on any atom is 0.342 e. The minimum atomic E-state index is -0.729. The van der Waals surface area contributed by atoms with E-state index in [0.29, 0.717) is 19.6 Å². The lowest BCUT2D eigenvalue weighted by molar-refractivity contribution is -0.304. The lowest BCUT2D eigenvalue weighted by Crippen LogP contribution is -2.58. The molecule has 3 rings (SSSR count). The first-order valence-corrected chi connectivity index (χ1v) is 12.5. The van der Waals surface area contributed by atoms with Crippen LogP contribution >= 0.6 is 0 Å². The second-order valence-corrected chi connectivity index (χ2v) is 9.89. The van der Waals surface area contributed by atoms with Gasteiger partial charge in [-0.25, -0.2) is 4.79 Å². The van der Waals surface area contributed by atoms with E-state index in [-0.39, 0.29) is 23.0 Å². The van der Waals surface area contributed by atoms with E-state index in [1.807, 2.05) is 79.6 Å². The van der Waals surface area contributed by atoms with E-state index in [4.69, 9.17) is 14.3 Å². The molecular weight excluding hydrogens is 442 g/mol. The average molecular weight is 484 g/mol. The van der Waals surface area contributed by atoms with E-state index in [9.17, 15) is 9.59 Å². The van der Waals surface area contributed by atoms with Crippen LogP contribution in [0, 0.1) is 0 Å². The molecule has 35 heavy (non-hydrogen) atoms. The maximum atomic E-state index is 12.5. The van der Waals surface area contributed by atoms with Crippen LogP contribution in [0.25, 0.3) is 0 Å². The topological polar surface area (TPSA) is 65.1 Å². The number of esters is 2. The Morgan fingerprint density at radius 2 is 1.34 bits per heavy atom.